The van der Waals surface area contributed by atoms with Gasteiger partial charge in [0.15, 0.2) is 0 Å². The van der Waals surface area contributed by atoms with Crippen molar-refractivity contribution in [1.29, 1.82) is 0 Å². The number of carbonyl (C=O) groups is 1. The van der Waals surface area contributed by atoms with Gasteiger partial charge in [0.25, 0.3) is 0 Å². The Hall–Kier alpha value is -0.590. The van der Waals surface area contributed by atoms with Crippen LogP contribution in [0.4, 0.5) is 0 Å². The minimum Gasteiger partial charge on any atom is -0.300 e. The fraction of sp³-hybridized carbons (Fsp3) is 0.769. The molecule has 0 aromatic carbocycles. The molecule has 0 radical (unpaired) electrons. The number of hydrogen-bond acceptors (Lipinski definition) is 1. The average molecular weight is 192 g/mol. The molecular weight excluding hydrogens is 172 g/mol. The number of ketones is 1. The number of carbonyl (C=O) groups excluding carboxylic acids is 1. The zero-order valence-corrected chi connectivity index (χ0v) is 9.09. The van der Waals surface area contributed by atoms with Gasteiger partial charge in [-0.25, -0.2) is 0 Å². The lowest BCUT2D eigenvalue weighted by molar-refractivity contribution is -0.124. The van der Waals surface area contributed by atoms with E-state index in [9.17, 15) is 4.79 Å². The molecule has 1 heteroatoms. The lowest BCUT2D eigenvalue weighted by Gasteiger charge is -2.41. The van der Waals surface area contributed by atoms with Crippen LogP contribution in [-0.4, -0.2) is 5.78 Å². The molecule has 0 aromatic heterocycles. The summed E-state index contributed by atoms with van der Waals surface area (Å²) in [6, 6.07) is 0. The maximum absolute atomic E-state index is 11.5. The van der Waals surface area contributed by atoms with Crippen molar-refractivity contribution in [3.63, 3.8) is 0 Å². The van der Waals surface area contributed by atoms with Crippen LogP contribution in [0, 0.1) is 17.8 Å². The smallest absolute Gasteiger partial charge is 0.133 e. The molecule has 2 rings (SSSR count). The van der Waals surface area contributed by atoms with Crippen LogP contribution in [-0.2, 0) is 4.79 Å². The molecule has 0 spiro atoms. The molecule has 0 bridgehead atoms. The molecule has 2 aliphatic carbocycles. The lowest BCUT2D eigenvalue weighted by Crippen LogP contribution is -2.35. The highest BCUT2D eigenvalue weighted by Crippen LogP contribution is 2.46. The third kappa shape index (κ3) is 1.65. The van der Waals surface area contributed by atoms with Gasteiger partial charge in [-0.05, 0) is 44.4 Å². The summed E-state index contributed by atoms with van der Waals surface area (Å²) in [7, 11) is 0. The number of fused-ring (bicyclic) bond motifs is 1. The van der Waals surface area contributed by atoms with Crippen LogP contribution in [0.15, 0.2) is 12.2 Å². The molecular formula is C13H20O. The van der Waals surface area contributed by atoms with Crippen LogP contribution in [0.5, 0.6) is 0 Å². The first kappa shape index (κ1) is 9.95. The summed E-state index contributed by atoms with van der Waals surface area (Å²) >= 11 is 0. The summed E-state index contributed by atoms with van der Waals surface area (Å²) in [6.45, 7) is 5.95. The lowest BCUT2D eigenvalue weighted by atomic mass is 9.63. The van der Waals surface area contributed by atoms with Gasteiger partial charge in [0.2, 0.25) is 0 Å². The molecule has 2 aliphatic rings. The summed E-state index contributed by atoms with van der Waals surface area (Å²) in [5, 5.41) is 0. The van der Waals surface area contributed by atoms with Crippen molar-refractivity contribution in [3.8, 4) is 0 Å². The van der Waals surface area contributed by atoms with Gasteiger partial charge in [-0.2, -0.15) is 0 Å². The first-order valence-corrected chi connectivity index (χ1v) is 5.88. The molecule has 0 heterocycles. The Bertz CT molecular complexity index is 252. The van der Waals surface area contributed by atoms with Crippen molar-refractivity contribution >= 4 is 5.78 Å². The van der Waals surface area contributed by atoms with Crippen molar-refractivity contribution in [2.24, 2.45) is 17.8 Å². The van der Waals surface area contributed by atoms with Gasteiger partial charge in [0.1, 0.15) is 5.78 Å². The van der Waals surface area contributed by atoms with Crippen molar-refractivity contribution in [1.82, 2.24) is 0 Å². The predicted molar refractivity (Wildman–Crippen MR) is 58.0 cm³/mol. The molecule has 0 amide bonds. The molecule has 1 unspecified atom stereocenters. The van der Waals surface area contributed by atoms with E-state index in [1.54, 1.807) is 6.92 Å². The normalized spacial score (nSPS) is 37.8. The van der Waals surface area contributed by atoms with E-state index in [4.69, 9.17) is 0 Å². The van der Waals surface area contributed by atoms with Crippen molar-refractivity contribution in [2.75, 3.05) is 0 Å². The summed E-state index contributed by atoms with van der Waals surface area (Å²) < 4.78 is 0. The van der Waals surface area contributed by atoms with Gasteiger partial charge >= 0.3 is 0 Å². The van der Waals surface area contributed by atoms with Crippen LogP contribution in [0.3, 0.4) is 0 Å². The molecule has 1 nitrogen and oxygen atoms in total. The highest BCUT2D eigenvalue weighted by atomic mass is 16.1. The number of rotatable bonds is 1. The summed E-state index contributed by atoms with van der Waals surface area (Å²) in [4.78, 5) is 11.5. The van der Waals surface area contributed by atoms with Crippen LogP contribution in [0.2, 0.25) is 0 Å². The van der Waals surface area contributed by atoms with Crippen molar-refractivity contribution in [3.05, 3.63) is 12.2 Å². The zero-order valence-electron chi connectivity index (χ0n) is 9.09. The van der Waals surface area contributed by atoms with Crippen LogP contribution in [0.25, 0.3) is 0 Å². The van der Waals surface area contributed by atoms with Gasteiger partial charge in [-0.3, -0.25) is 4.79 Å². The molecule has 0 N–H and O–H groups in total. The van der Waals surface area contributed by atoms with E-state index in [1.807, 2.05) is 0 Å². The van der Waals surface area contributed by atoms with E-state index >= 15 is 0 Å². The number of hydrogen-bond donors (Lipinski definition) is 0. The maximum atomic E-state index is 11.5. The highest BCUT2D eigenvalue weighted by molar-refractivity contribution is 5.79. The Morgan fingerprint density at radius 2 is 2.00 bits per heavy atom. The fourth-order valence-electron chi connectivity index (χ4n) is 3.39. The van der Waals surface area contributed by atoms with Crippen LogP contribution >= 0.6 is 0 Å². The van der Waals surface area contributed by atoms with E-state index in [-0.39, 0.29) is 0 Å². The third-order valence-electron chi connectivity index (χ3n) is 4.16. The second-order valence-electron chi connectivity index (χ2n) is 4.97. The minimum absolute atomic E-state index is 0.353. The fourth-order valence-corrected chi connectivity index (χ4v) is 3.39. The van der Waals surface area contributed by atoms with Gasteiger partial charge in [0.05, 0.1) is 0 Å². The summed E-state index contributed by atoms with van der Waals surface area (Å²) in [5.74, 6) is 2.08. The second-order valence-corrected chi connectivity index (χ2v) is 4.97. The topological polar surface area (TPSA) is 17.1 Å². The van der Waals surface area contributed by atoms with E-state index in [0.29, 0.717) is 23.5 Å². The zero-order chi connectivity index (χ0) is 10.1. The van der Waals surface area contributed by atoms with E-state index < -0.39 is 0 Å². The molecule has 3 atom stereocenters. The molecule has 14 heavy (non-hydrogen) atoms. The quantitative estimate of drug-likeness (QED) is 0.582. The molecule has 2 saturated carbocycles. The number of allylic oxidation sites excluding steroid dienone is 1. The SMILES string of the molecule is C=C1CC[C@H](C(C)=O)C2CCCC[C@@H]12. The standard InChI is InChI=1S/C13H20O/c1-9-7-8-12(10(2)14)13-6-4-3-5-11(9)13/h11-13H,1,3-8H2,2H3/t11-,12+,13?/m0/s1. The maximum Gasteiger partial charge on any atom is 0.133 e. The van der Waals surface area contributed by atoms with Gasteiger partial charge in [-0.1, -0.05) is 25.0 Å². The van der Waals surface area contributed by atoms with E-state index in [1.165, 1.54) is 31.3 Å². The van der Waals surface area contributed by atoms with Crippen molar-refractivity contribution in [2.45, 2.75) is 45.4 Å². The largest absolute Gasteiger partial charge is 0.300 e. The molecule has 78 valence electrons. The average Bonchev–Trinajstić information content (AvgIpc) is 2.18. The molecule has 0 aliphatic heterocycles. The van der Waals surface area contributed by atoms with Gasteiger partial charge in [0, 0.05) is 5.92 Å². The van der Waals surface area contributed by atoms with Crippen LogP contribution in [0.1, 0.15) is 45.4 Å². The Balaban J connectivity index is 2.16. The molecule has 0 aromatic rings. The monoisotopic (exact) mass is 192 g/mol. The minimum atomic E-state index is 0.353. The Morgan fingerprint density at radius 1 is 1.29 bits per heavy atom. The second kappa shape index (κ2) is 3.88. The Labute approximate surface area is 86.6 Å². The molecule has 0 saturated heterocycles. The Kier molecular flexibility index (Phi) is 2.76. The summed E-state index contributed by atoms with van der Waals surface area (Å²) in [6.07, 6.45) is 7.35. The summed E-state index contributed by atoms with van der Waals surface area (Å²) in [5.41, 5.74) is 1.42. The van der Waals surface area contributed by atoms with Gasteiger partial charge in [-0.15, -0.1) is 0 Å². The van der Waals surface area contributed by atoms with Gasteiger partial charge < -0.3 is 0 Å². The third-order valence-corrected chi connectivity index (χ3v) is 4.16. The Morgan fingerprint density at radius 3 is 2.71 bits per heavy atom. The predicted octanol–water partition coefficient (Wildman–Crippen LogP) is 3.35. The highest BCUT2D eigenvalue weighted by Gasteiger charge is 2.38. The van der Waals surface area contributed by atoms with E-state index in [2.05, 4.69) is 6.58 Å². The number of Topliss-reactive ketones (excluding diaryl/α,β-unsaturated/α-hetero) is 1. The van der Waals surface area contributed by atoms with Crippen LogP contribution < -0.4 is 0 Å². The molecule has 2 fully saturated rings. The van der Waals surface area contributed by atoms with E-state index in [0.717, 1.165) is 12.8 Å². The first-order chi connectivity index (χ1) is 6.70. The first-order valence-electron chi connectivity index (χ1n) is 5.88. The van der Waals surface area contributed by atoms with Crippen molar-refractivity contribution < 1.29 is 4.79 Å².